The van der Waals surface area contributed by atoms with Gasteiger partial charge >= 0.3 is 0 Å². The van der Waals surface area contributed by atoms with Gasteiger partial charge in [0.1, 0.15) is 41.3 Å². The molecule has 1 fully saturated rings. The van der Waals surface area contributed by atoms with Gasteiger partial charge in [-0.2, -0.15) is 0 Å². The van der Waals surface area contributed by atoms with Crippen molar-refractivity contribution in [3.63, 3.8) is 0 Å². The zero-order valence-corrected chi connectivity index (χ0v) is 17.6. The lowest BCUT2D eigenvalue weighted by atomic mass is 9.99. The van der Waals surface area contributed by atoms with Gasteiger partial charge in [0.05, 0.1) is 12.2 Å². The first-order valence-corrected chi connectivity index (χ1v) is 9.63. The predicted octanol–water partition coefficient (Wildman–Crippen LogP) is -2.98. The van der Waals surface area contributed by atoms with Crippen molar-refractivity contribution < 1.29 is 67.5 Å². The molecule has 4 rings (SSSR count). The lowest BCUT2D eigenvalue weighted by Gasteiger charge is -2.39. The van der Waals surface area contributed by atoms with E-state index in [1.165, 1.54) is 30.3 Å². The number of rotatable bonds is 4. The third kappa shape index (κ3) is 4.60. The van der Waals surface area contributed by atoms with E-state index in [0.29, 0.717) is 5.56 Å². The Morgan fingerprint density at radius 1 is 0.879 bits per heavy atom. The molecule has 11 nitrogen and oxygen atoms in total. The van der Waals surface area contributed by atoms with Crippen LogP contribution >= 0.6 is 0 Å². The number of hydrogen-bond acceptors (Lipinski definition) is 11. The summed E-state index contributed by atoms with van der Waals surface area (Å²) in [6, 6.07) is 6.35. The van der Waals surface area contributed by atoms with E-state index in [9.17, 15) is 35.7 Å². The normalized spacial score (nSPS) is 28.7. The molecule has 2 aromatic carbocycles. The van der Waals surface area contributed by atoms with E-state index in [-0.39, 0.29) is 46.7 Å². The molecular weight excluding hydrogens is 464 g/mol. The largest absolute Gasteiger partial charge is 1.00 e. The van der Waals surface area contributed by atoms with Gasteiger partial charge < -0.3 is 67.5 Å². The maximum atomic E-state index is 10.4. The molecule has 2 aliphatic heterocycles. The summed E-state index contributed by atoms with van der Waals surface area (Å²) in [7, 11) is 0. The minimum absolute atomic E-state index is 0. The monoisotopic (exact) mass is 485 g/mol. The van der Waals surface area contributed by atoms with Crippen molar-refractivity contribution in [2.75, 3.05) is 6.61 Å². The molecule has 12 heteroatoms. The summed E-state index contributed by atoms with van der Waals surface area (Å²) in [5.41, 5.74) is 0.450. The smallest absolute Gasteiger partial charge is 0.195 e. The number of phenolic OH excluding ortho intramolecular Hbond substituents is 3. The van der Waals surface area contributed by atoms with Crippen LogP contribution in [0.1, 0.15) is 17.2 Å². The van der Waals surface area contributed by atoms with E-state index < -0.39 is 49.2 Å². The molecule has 2 aromatic rings. The molecule has 2 heterocycles. The second-order valence-corrected chi connectivity index (χ2v) is 7.48. The first-order chi connectivity index (χ1) is 15.2. The second-order valence-electron chi connectivity index (χ2n) is 7.48. The van der Waals surface area contributed by atoms with Crippen LogP contribution in [0.5, 0.6) is 28.7 Å². The molecule has 0 aromatic heterocycles. The number of hydrogen-bond donors (Lipinski definition) is 8. The van der Waals surface area contributed by atoms with Gasteiger partial charge in [0.15, 0.2) is 30.0 Å². The van der Waals surface area contributed by atoms with Crippen LogP contribution in [0.4, 0.5) is 0 Å². The molecule has 1 saturated heterocycles. The van der Waals surface area contributed by atoms with Crippen LogP contribution in [0.3, 0.4) is 0 Å². The van der Waals surface area contributed by atoms with Crippen LogP contribution in [-0.4, -0.2) is 78.2 Å². The summed E-state index contributed by atoms with van der Waals surface area (Å²) < 4.78 is 16.3. The topological polar surface area (TPSA) is 190 Å². The number of ether oxygens (including phenoxy) is 3. The van der Waals surface area contributed by atoms with E-state index in [2.05, 4.69) is 0 Å². The summed E-state index contributed by atoms with van der Waals surface area (Å²) in [6.07, 6.45) is -7.26. The van der Waals surface area contributed by atoms with E-state index in [0.717, 1.165) is 6.07 Å². The van der Waals surface area contributed by atoms with Crippen LogP contribution in [-0.2, 0) is 4.74 Å². The molecule has 2 aliphatic rings. The average Bonchev–Trinajstić information content (AvgIpc) is 2.76. The van der Waals surface area contributed by atoms with E-state index in [1.807, 2.05) is 0 Å². The van der Waals surface area contributed by atoms with Crippen LogP contribution in [0.25, 0.3) is 6.08 Å². The van der Waals surface area contributed by atoms with Crippen molar-refractivity contribution in [3.05, 3.63) is 47.2 Å². The Balaban J connectivity index is 0.00000306. The van der Waals surface area contributed by atoms with Crippen molar-refractivity contribution >= 4 is 6.08 Å². The third-order valence-electron chi connectivity index (χ3n) is 5.32. The van der Waals surface area contributed by atoms with E-state index in [4.69, 9.17) is 19.3 Å². The molecule has 0 bridgehead atoms. The van der Waals surface area contributed by atoms with Crippen molar-refractivity contribution in [2.24, 2.45) is 0 Å². The number of phenols is 3. The quantitative estimate of drug-likeness (QED) is 0.206. The number of fused-ring (bicyclic) bond motifs is 1. The zero-order valence-electron chi connectivity index (χ0n) is 16.8. The van der Waals surface area contributed by atoms with Crippen LogP contribution in [0.15, 0.2) is 36.1 Å². The van der Waals surface area contributed by atoms with Gasteiger partial charge in [0.25, 0.3) is 0 Å². The van der Waals surface area contributed by atoms with Crippen molar-refractivity contribution in [1.82, 2.24) is 0 Å². The Hall–Kier alpha value is -2.93. The summed E-state index contributed by atoms with van der Waals surface area (Å²) in [4.78, 5) is 0. The Kier molecular flexibility index (Phi) is 7.12. The van der Waals surface area contributed by atoms with Crippen molar-refractivity contribution in [2.45, 2.75) is 36.8 Å². The highest BCUT2D eigenvalue weighted by Crippen LogP contribution is 2.44. The van der Waals surface area contributed by atoms with Gasteiger partial charge in [-0.3, -0.25) is 0 Å². The highest BCUT2D eigenvalue weighted by molar-refractivity contribution is 5.69. The molecule has 1 unspecified atom stereocenters. The number of benzene rings is 2. The Bertz CT molecular complexity index is 1040. The average molecular weight is 486 g/mol. The maximum Gasteiger partial charge on any atom is 0.195 e. The molecule has 0 spiro atoms. The summed E-state index contributed by atoms with van der Waals surface area (Å²) in [5, 5.41) is 79.4. The lowest BCUT2D eigenvalue weighted by molar-refractivity contribution is -0.280. The number of aliphatic hydroxyl groups excluding tert-OH is 5. The molecular formula is C21H22ClO11-. The molecule has 8 N–H and O–H groups in total. The number of halogens is 1. The fraction of sp³-hybridized carbons (Fsp3) is 0.333. The highest BCUT2D eigenvalue weighted by atomic mass is 35.5. The first kappa shape index (κ1) is 24.7. The van der Waals surface area contributed by atoms with Crippen LogP contribution < -0.4 is 21.9 Å². The molecule has 0 amide bonds. The standard InChI is InChI=1S/C21H22O11.ClH/c22-7-16-17(27)18(28)20(21(29)32-16)30-9-4-12(24)10-6-14(26)19(31-15(10)5-9)8-1-2-11(23)13(25)3-8;/h1-6,16-29H,7H2;1H/p-1/t16-,17+,18+,19?,20-,21-;/m1./s1. The van der Waals surface area contributed by atoms with Gasteiger partial charge in [0, 0.05) is 17.7 Å². The van der Waals surface area contributed by atoms with Gasteiger partial charge in [-0.1, -0.05) is 6.07 Å². The first-order valence-electron chi connectivity index (χ1n) is 9.63. The summed E-state index contributed by atoms with van der Waals surface area (Å²) in [5.74, 6) is -1.35. The molecule has 0 aliphatic carbocycles. The third-order valence-corrected chi connectivity index (χ3v) is 5.32. The minimum atomic E-state index is -1.68. The predicted molar refractivity (Wildman–Crippen MR) is 106 cm³/mol. The van der Waals surface area contributed by atoms with Gasteiger partial charge in [-0.25, -0.2) is 0 Å². The summed E-state index contributed by atoms with van der Waals surface area (Å²) >= 11 is 0. The molecule has 6 atom stereocenters. The number of aliphatic hydroxyl groups is 5. The fourth-order valence-electron chi connectivity index (χ4n) is 3.61. The van der Waals surface area contributed by atoms with E-state index >= 15 is 0 Å². The van der Waals surface area contributed by atoms with Crippen molar-refractivity contribution in [3.8, 4) is 28.7 Å². The number of aromatic hydroxyl groups is 3. The molecule has 0 saturated carbocycles. The van der Waals surface area contributed by atoms with Gasteiger partial charge in [-0.05, 0) is 18.2 Å². The Morgan fingerprint density at radius 2 is 1.61 bits per heavy atom. The van der Waals surface area contributed by atoms with Crippen LogP contribution in [0, 0.1) is 0 Å². The van der Waals surface area contributed by atoms with Gasteiger partial charge in [0.2, 0.25) is 0 Å². The fourth-order valence-corrected chi connectivity index (χ4v) is 3.61. The second kappa shape index (κ2) is 9.51. The molecule has 33 heavy (non-hydrogen) atoms. The van der Waals surface area contributed by atoms with Crippen LogP contribution in [0.2, 0.25) is 0 Å². The zero-order chi connectivity index (χ0) is 23.2. The van der Waals surface area contributed by atoms with Gasteiger partial charge in [-0.15, -0.1) is 0 Å². The maximum absolute atomic E-state index is 10.4. The molecule has 180 valence electrons. The summed E-state index contributed by atoms with van der Waals surface area (Å²) in [6.45, 7) is -0.625. The SMILES string of the molecule is OC[C@H]1O[C@@H](O)[C@H](Oc2cc(O)c3c(c2)OC(c2ccc(O)c(O)c2)C(O)=C3)[C@@H](O)[C@H]1O.[Cl-]. The minimum Gasteiger partial charge on any atom is -1.00 e. The highest BCUT2D eigenvalue weighted by Gasteiger charge is 2.45. The Labute approximate surface area is 193 Å². The van der Waals surface area contributed by atoms with Crippen molar-refractivity contribution in [1.29, 1.82) is 0 Å². The molecule has 0 radical (unpaired) electrons. The van der Waals surface area contributed by atoms with E-state index in [1.54, 1.807) is 0 Å². The lowest BCUT2D eigenvalue weighted by Crippen LogP contribution is -3.00. The Morgan fingerprint density at radius 3 is 2.27 bits per heavy atom.